The number of carbonyl (C=O) groups excluding carboxylic acids is 1. The van der Waals surface area contributed by atoms with E-state index in [4.69, 9.17) is 17.3 Å². The first kappa shape index (κ1) is 10.5. The van der Waals surface area contributed by atoms with Crippen molar-refractivity contribution in [3.05, 3.63) is 17.4 Å². The molecular formula is C7H10ClN5O. The molecule has 0 saturated heterocycles. The Morgan fingerprint density at radius 3 is 2.64 bits per heavy atom. The fourth-order valence-electron chi connectivity index (χ4n) is 0.764. The van der Waals surface area contributed by atoms with Crippen molar-refractivity contribution in [2.24, 2.45) is 5.73 Å². The Bertz CT molecular complexity index is 301. The zero-order valence-electron chi connectivity index (χ0n) is 7.33. The summed E-state index contributed by atoms with van der Waals surface area (Å²) in [5, 5.41) is 5.78. The van der Waals surface area contributed by atoms with Crippen LogP contribution in [-0.2, 0) is 0 Å². The number of rotatable bonds is 4. The molecule has 1 heterocycles. The van der Waals surface area contributed by atoms with Gasteiger partial charge < -0.3 is 16.4 Å². The molecule has 0 spiro atoms. The van der Waals surface area contributed by atoms with Crippen molar-refractivity contribution < 1.29 is 4.79 Å². The normalized spacial score (nSPS) is 9.50. The van der Waals surface area contributed by atoms with Gasteiger partial charge in [-0.3, -0.25) is 0 Å². The van der Waals surface area contributed by atoms with Gasteiger partial charge in [0.25, 0.3) is 0 Å². The predicted octanol–water partition coefficient (Wildman–Crippen LogP) is 0.210. The van der Waals surface area contributed by atoms with Crippen molar-refractivity contribution in [1.29, 1.82) is 0 Å². The number of urea groups is 1. The number of nitrogens with two attached hydrogens (primary N) is 1. The Morgan fingerprint density at radius 1 is 1.43 bits per heavy atom. The van der Waals surface area contributed by atoms with Crippen LogP contribution in [0.5, 0.6) is 0 Å². The number of anilines is 1. The summed E-state index contributed by atoms with van der Waals surface area (Å²) in [6.07, 6.45) is 2.97. The van der Waals surface area contributed by atoms with E-state index in [2.05, 4.69) is 20.6 Å². The molecule has 0 aliphatic carbocycles. The Kier molecular flexibility index (Phi) is 3.93. The van der Waals surface area contributed by atoms with E-state index in [1.54, 1.807) is 0 Å². The average Bonchev–Trinajstić information content (AvgIpc) is 2.15. The van der Waals surface area contributed by atoms with Crippen LogP contribution in [0.15, 0.2) is 12.4 Å². The van der Waals surface area contributed by atoms with Crippen molar-refractivity contribution in [3.63, 3.8) is 0 Å². The standard InChI is InChI=1S/C7H10ClN5O/c8-5-3-12-7(13-4-5)11-2-1-10-6(9)14/h3-4H,1-2H2,(H3,9,10,14)(H,11,12,13). The van der Waals surface area contributed by atoms with Gasteiger partial charge in [0.05, 0.1) is 17.4 Å². The van der Waals surface area contributed by atoms with E-state index in [-0.39, 0.29) is 0 Å². The lowest BCUT2D eigenvalue weighted by Gasteiger charge is -2.04. The number of nitrogens with zero attached hydrogens (tertiary/aromatic N) is 2. The molecule has 0 aliphatic heterocycles. The van der Waals surface area contributed by atoms with Crippen LogP contribution in [0.4, 0.5) is 10.7 Å². The van der Waals surface area contributed by atoms with Gasteiger partial charge >= 0.3 is 6.03 Å². The van der Waals surface area contributed by atoms with Crippen LogP contribution in [0.2, 0.25) is 5.02 Å². The van der Waals surface area contributed by atoms with Crippen molar-refractivity contribution in [1.82, 2.24) is 15.3 Å². The highest BCUT2D eigenvalue weighted by Gasteiger charge is 1.95. The lowest BCUT2D eigenvalue weighted by molar-refractivity contribution is 0.249. The van der Waals surface area contributed by atoms with E-state index in [1.807, 2.05) is 0 Å². The number of hydrogen-bond donors (Lipinski definition) is 3. The average molecular weight is 216 g/mol. The van der Waals surface area contributed by atoms with E-state index in [9.17, 15) is 4.79 Å². The zero-order chi connectivity index (χ0) is 10.4. The van der Waals surface area contributed by atoms with Gasteiger partial charge in [-0.2, -0.15) is 0 Å². The van der Waals surface area contributed by atoms with Gasteiger partial charge in [0, 0.05) is 13.1 Å². The molecular weight excluding hydrogens is 206 g/mol. The van der Waals surface area contributed by atoms with Crippen LogP contribution < -0.4 is 16.4 Å². The van der Waals surface area contributed by atoms with Crippen LogP contribution in [0.25, 0.3) is 0 Å². The van der Waals surface area contributed by atoms with E-state index in [0.29, 0.717) is 24.1 Å². The summed E-state index contributed by atoms with van der Waals surface area (Å²) in [5.41, 5.74) is 4.87. The van der Waals surface area contributed by atoms with Crippen LogP contribution in [-0.4, -0.2) is 29.1 Å². The summed E-state index contributed by atoms with van der Waals surface area (Å²) in [6.45, 7) is 0.923. The molecule has 0 unspecified atom stereocenters. The molecule has 1 aromatic heterocycles. The second-order valence-electron chi connectivity index (χ2n) is 2.44. The minimum absolute atomic E-state index is 0.418. The number of aromatic nitrogens is 2. The number of halogens is 1. The maximum Gasteiger partial charge on any atom is 0.312 e. The highest BCUT2D eigenvalue weighted by Crippen LogP contribution is 2.04. The maximum atomic E-state index is 10.3. The van der Waals surface area contributed by atoms with Gasteiger partial charge in [-0.25, -0.2) is 14.8 Å². The number of amides is 2. The maximum absolute atomic E-state index is 10.3. The Hall–Kier alpha value is -1.56. The van der Waals surface area contributed by atoms with Crippen LogP contribution in [0, 0.1) is 0 Å². The van der Waals surface area contributed by atoms with Gasteiger partial charge in [-0.05, 0) is 0 Å². The molecule has 1 aromatic rings. The first-order chi connectivity index (χ1) is 6.68. The monoisotopic (exact) mass is 215 g/mol. The number of primary amides is 1. The number of nitrogens with one attached hydrogen (secondary N) is 2. The molecule has 0 aromatic carbocycles. The molecule has 6 nitrogen and oxygen atoms in total. The van der Waals surface area contributed by atoms with Crippen LogP contribution in [0.1, 0.15) is 0 Å². The van der Waals surface area contributed by atoms with Crippen molar-refractivity contribution in [3.8, 4) is 0 Å². The Balaban J connectivity index is 2.25. The fourth-order valence-corrected chi connectivity index (χ4v) is 0.861. The minimum Gasteiger partial charge on any atom is -0.352 e. The van der Waals surface area contributed by atoms with E-state index >= 15 is 0 Å². The largest absolute Gasteiger partial charge is 0.352 e. The predicted molar refractivity (Wildman–Crippen MR) is 53.1 cm³/mol. The summed E-state index contributed by atoms with van der Waals surface area (Å²) in [7, 11) is 0. The minimum atomic E-state index is -0.552. The Morgan fingerprint density at radius 2 is 2.07 bits per heavy atom. The lowest BCUT2D eigenvalue weighted by atomic mass is 10.6. The molecule has 2 amide bonds. The molecule has 4 N–H and O–H groups in total. The quantitative estimate of drug-likeness (QED) is 0.626. The second kappa shape index (κ2) is 5.23. The Labute approximate surface area is 85.9 Å². The summed E-state index contributed by atoms with van der Waals surface area (Å²) in [4.78, 5) is 18.1. The summed E-state index contributed by atoms with van der Waals surface area (Å²) >= 11 is 5.59. The molecule has 0 radical (unpaired) electrons. The summed E-state index contributed by atoms with van der Waals surface area (Å²) in [6, 6.07) is -0.552. The van der Waals surface area contributed by atoms with E-state index < -0.39 is 6.03 Å². The zero-order valence-corrected chi connectivity index (χ0v) is 8.08. The molecule has 0 saturated carbocycles. The molecule has 1 rings (SSSR count). The van der Waals surface area contributed by atoms with Crippen molar-refractivity contribution >= 4 is 23.6 Å². The van der Waals surface area contributed by atoms with Gasteiger partial charge in [-0.15, -0.1) is 0 Å². The fraction of sp³-hybridized carbons (Fsp3) is 0.286. The SMILES string of the molecule is NC(=O)NCCNc1ncc(Cl)cn1. The molecule has 14 heavy (non-hydrogen) atoms. The highest BCUT2D eigenvalue weighted by molar-refractivity contribution is 6.30. The van der Waals surface area contributed by atoms with Crippen molar-refractivity contribution in [2.45, 2.75) is 0 Å². The number of hydrogen-bond acceptors (Lipinski definition) is 4. The van der Waals surface area contributed by atoms with E-state index in [0.717, 1.165) is 0 Å². The summed E-state index contributed by atoms with van der Waals surface area (Å²) < 4.78 is 0. The molecule has 7 heteroatoms. The van der Waals surface area contributed by atoms with Crippen LogP contribution in [0.3, 0.4) is 0 Å². The van der Waals surface area contributed by atoms with Gasteiger partial charge in [-0.1, -0.05) is 11.6 Å². The third kappa shape index (κ3) is 3.90. The van der Waals surface area contributed by atoms with Gasteiger partial charge in [0.1, 0.15) is 0 Å². The molecule has 0 fully saturated rings. The van der Waals surface area contributed by atoms with Gasteiger partial charge in [0.15, 0.2) is 0 Å². The highest BCUT2D eigenvalue weighted by atomic mass is 35.5. The smallest absolute Gasteiger partial charge is 0.312 e. The molecule has 0 bridgehead atoms. The molecule has 0 aliphatic rings. The first-order valence-corrected chi connectivity index (χ1v) is 4.31. The second-order valence-corrected chi connectivity index (χ2v) is 2.88. The first-order valence-electron chi connectivity index (χ1n) is 3.93. The molecule has 0 atom stereocenters. The molecule has 76 valence electrons. The number of carbonyl (C=O) groups is 1. The summed E-state index contributed by atoms with van der Waals surface area (Å²) in [5.74, 6) is 0.459. The van der Waals surface area contributed by atoms with Crippen LogP contribution >= 0.6 is 11.6 Å². The topological polar surface area (TPSA) is 92.9 Å². The van der Waals surface area contributed by atoms with Crippen molar-refractivity contribution in [2.75, 3.05) is 18.4 Å². The third-order valence-corrected chi connectivity index (χ3v) is 1.52. The third-order valence-electron chi connectivity index (χ3n) is 1.33. The van der Waals surface area contributed by atoms with E-state index in [1.165, 1.54) is 12.4 Å². The lowest BCUT2D eigenvalue weighted by Crippen LogP contribution is -2.33. The van der Waals surface area contributed by atoms with Gasteiger partial charge in [0.2, 0.25) is 5.95 Å².